The third kappa shape index (κ3) is 3.10. The van der Waals surface area contributed by atoms with Crippen LogP contribution in [0.4, 0.5) is 5.69 Å². The molecule has 8 nitrogen and oxygen atoms in total. The van der Waals surface area contributed by atoms with Crippen molar-refractivity contribution >= 4 is 23.0 Å². The monoisotopic (exact) mass is 401 g/mol. The van der Waals surface area contributed by atoms with Gasteiger partial charge in [0.05, 0.1) is 40.1 Å². The number of pyridine rings is 2. The largest absolute Gasteiger partial charge is 0.465 e. The summed E-state index contributed by atoms with van der Waals surface area (Å²) in [6.07, 6.45) is 3.30. The molecule has 0 aliphatic heterocycles. The highest BCUT2D eigenvalue weighted by Gasteiger charge is 2.30. The SMILES string of the molecule is COC(=O)c1c(C(=O)c2cccc([N+](=O)[O-])c2)c(-c2ccccn2)n2ccccc12. The predicted molar refractivity (Wildman–Crippen MR) is 108 cm³/mol. The molecule has 0 unspecified atom stereocenters. The summed E-state index contributed by atoms with van der Waals surface area (Å²) < 4.78 is 6.64. The number of non-ortho nitro benzene ring substituents is 1. The molecule has 4 aromatic rings. The maximum atomic E-state index is 13.6. The van der Waals surface area contributed by atoms with Gasteiger partial charge in [-0.2, -0.15) is 0 Å². The van der Waals surface area contributed by atoms with Crippen LogP contribution in [0.2, 0.25) is 0 Å². The molecule has 1 aromatic carbocycles. The summed E-state index contributed by atoms with van der Waals surface area (Å²) >= 11 is 0. The lowest BCUT2D eigenvalue weighted by atomic mass is 9.97. The molecule has 0 amide bonds. The number of rotatable bonds is 5. The molecule has 3 aromatic heterocycles. The summed E-state index contributed by atoms with van der Waals surface area (Å²) in [5.41, 5.74) is 1.37. The van der Waals surface area contributed by atoms with Gasteiger partial charge in [0.2, 0.25) is 0 Å². The van der Waals surface area contributed by atoms with Crippen LogP contribution >= 0.6 is 0 Å². The summed E-state index contributed by atoms with van der Waals surface area (Å²) in [7, 11) is 1.23. The van der Waals surface area contributed by atoms with Gasteiger partial charge in [0.25, 0.3) is 5.69 Å². The van der Waals surface area contributed by atoms with Gasteiger partial charge in [-0.25, -0.2) is 4.79 Å². The van der Waals surface area contributed by atoms with E-state index >= 15 is 0 Å². The van der Waals surface area contributed by atoms with Crippen LogP contribution in [0, 0.1) is 10.1 Å². The lowest BCUT2D eigenvalue weighted by molar-refractivity contribution is -0.384. The molecule has 8 heteroatoms. The number of hydrogen-bond acceptors (Lipinski definition) is 6. The van der Waals surface area contributed by atoms with E-state index in [-0.39, 0.29) is 22.4 Å². The van der Waals surface area contributed by atoms with E-state index < -0.39 is 16.7 Å². The third-order valence-electron chi connectivity index (χ3n) is 4.69. The number of carbonyl (C=O) groups is 2. The number of ketones is 1. The summed E-state index contributed by atoms with van der Waals surface area (Å²) in [6, 6.07) is 15.8. The van der Waals surface area contributed by atoms with Crippen LogP contribution in [-0.2, 0) is 4.74 Å². The highest BCUT2D eigenvalue weighted by Crippen LogP contribution is 2.33. The second-order valence-electron chi connectivity index (χ2n) is 6.40. The van der Waals surface area contributed by atoms with Crippen molar-refractivity contribution in [2.45, 2.75) is 0 Å². The summed E-state index contributed by atoms with van der Waals surface area (Å²) in [6.45, 7) is 0. The fraction of sp³-hybridized carbons (Fsp3) is 0.0455. The number of ether oxygens (including phenoxy) is 1. The van der Waals surface area contributed by atoms with Crippen molar-refractivity contribution in [3.8, 4) is 11.4 Å². The lowest BCUT2D eigenvalue weighted by Crippen LogP contribution is -2.11. The molecule has 0 spiro atoms. The number of nitro groups is 1. The maximum Gasteiger partial charge on any atom is 0.340 e. The lowest BCUT2D eigenvalue weighted by Gasteiger charge is -2.07. The Kier molecular flexibility index (Phi) is 4.81. The Morgan fingerprint density at radius 1 is 1.03 bits per heavy atom. The number of esters is 1. The summed E-state index contributed by atoms with van der Waals surface area (Å²) in [4.78, 5) is 41.2. The standard InChI is InChI=1S/C22H15N3O5/c1-30-22(27)18-17-10-3-5-12-24(17)20(16-9-2-4-11-23-16)19(18)21(26)14-7-6-8-15(13-14)25(28)29/h2-13H,1H3. The van der Waals surface area contributed by atoms with Gasteiger partial charge in [0, 0.05) is 30.1 Å². The second kappa shape index (κ2) is 7.59. The Morgan fingerprint density at radius 3 is 2.53 bits per heavy atom. The van der Waals surface area contributed by atoms with E-state index in [4.69, 9.17) is 4.74 Å². The molecule has 0 bridgehead atoms. The quantitative estimate of drug-likeness (QED) is 0.217. The van der Waals surface area contributed by atoms with Crippen molar-refractivity contribution in [2.75, 3.05) is 7.11 Å². The van der Waals surface area contributed by atoms with E-state index in [1.807, 2.05) is 0 Å². The summed E-state index contributed by atoms with van der Waals surface area (Å²) in [5.74, 6) is -1.22. The smallest absolute Gasteiger partial charge is 0.340 e. The van der Waals surface area contributed by atoms with Gasteiger partial charge >= 0.3 is 5.97 Å². The maximum absolute atomic E-state index is 13.6. The first-order valence-corrected chi connectivity index (χ1v) is 8.95. The number of benzene rings is 1. The fourth-order valence-electron chi connectivity index (χ4n) is 3.40. The van der Waals surface area contributed by atoms with Gasteiger partial charge in [0.1, 0.15) is 0 Å². The average molecular weight is 401 g/mol. The van der Waals surface area contributed by atoms with Crippen molar-refractivity contribution < 1.29 is 19.2 Å². The van der Waals surface area contributed by atoms with Crippen molar-refractivity contribution in [1.82, 2.24) is 9.38 Å². The molecular weight excluding hydrogens is 386 g/mol. The predicted octanol–water partition coefficient (Wildman–Crippen LogP) is 3.93. The van der Waals surface area contributed by atoms with Crippen molar-refractivity contribution in [2.24, 2.45) is 0 Å². The Morgan fingerprint density at radius 2 is 1.83 bits per heavy atom. The highest BCUT2D eigenvalue weighted by molar-refractivity contribution is 6.20. The fourth-order valence-corrected chi connectivity index (χ4v) is 3.40. The molecule has 3 heterocycles. The Hall–Kier alpha value is -4.33. The zero-order valence-corrected chi connectivity index (χ0v) is 15.8. The molecular formula is C22H15N3O5. The summed E-state index contributed by atoms with van der Waals surface area (Å²) in [5, 5.41) is 11.2. The first-order chi connectivity index (χ1) is 14.5. The number of fused-ring (bicyclic) bond motifs is 1. The van der Waals surface area contributed by atoms with Gasteiger partial charge in [0.15, 0.2) is 5.78 Å². The Bertz CT molecular complexity index is 1290. The van der Waals surface area contributed by atoms with Crippen molar-refractivity contribution in [1.29, 1.82) is 0 Å². The van der Waals surface area contributed by atoms with Gasteiger partial charge in [-0.05, 0) is 24.3 Å². The topological polar surface area (TPSA) is 104 Å². The van der Waals surface area contributed by atoms with Crippen molar-refractivity contribution in [3.05, 3.63) is 99.9 Å². The number of hydrogen-bond donors (Lipinski definition) is 0. The normalized spacial score (nSPS) is 10.7. The van der Waals surface area contributed by atoms with Crippen LogP contribution in [0.1, 0.15) is 26.3 Å². The van der Waals surface area contributed by atoms with E-state index in [0.29, 0.717) is 16.9 Å². The number of aromatic nitrogens is 2. The molecule has 0 radical (unpaired) electrons. The molecule has 4 rings (SSSR count). The molecule has 0 N–H and O–H groups in total. The minimum atomic E-state index is -0.685. The molecule has 0 atom stereocenters. The molecule has 0 aliphatic carbocycles. The number of carbonyl (C=O) groups excluding carboxylic acids is 2. The van der Waals surface area contributed by atoms with Crippen LogP contribution in [0.5, 0.6) is 0 Å². The zero-order valence-electron chi connectivity index (χ0n) is 15.8. The molecule has 0 fully saturated rings. The van der Waals surface area contributed by atoms with Crippen LogP contribution in [0.15, 0.2) is 73.1 Å². The van der Waals surface area contributed by atoms with E-state index in [1.54, 1.807) is 53.2 Å². The minimum Gasteiger partial charge on any atom is -0.465 e. The number of nitrogens with zero attached hydrogens (tertiary/aromatic N) is 3. The van der Waals surface area contributed by atoms with Crippen LogP contribution in [0.3, 0.4) is 0 Å². The number of methoxy groups -OCH3 is 1. The van der Waals surface area contributed by atoms with Crippen LogP contribution in [0.25, 0.3) is 16.9 Å². The zero-order chi connectivity index (χ0) is 21.3. The molecule has 0 saturated heterocycles. The second-order valence-corrected chi connectivity index (χ2v) is 6.40. The van der Waals surface area contributed by atoms with Gasteiger partial charge in [-0.1, -0.05) is 24.3 Å². The number of nitro benzene ring substituents is 1. The highest BCUT2D eigenvalue weighted by atomic mass is 16.6. The van der Waals surface area contributed by atoms with Crippen LogP contribution in [-0.4, -0.2) is 33.2 Å². The minimum absolute atomic E-state index is 0.0762. The first kappa shape index (κ1) is 19.0. The van der Waals surface area contributed by atoms with Gasteiger partial charge in [-0.15, -0.1) is 0 Å². The van der Waals surface area contributed by atoms with Crippen molar-refractivity contribution in [3.63, 3.8) is 0 Å². The van der Waals surface area contributed by atoms with E-state index in [1.165, 1.54) is 31.4 Å². The van der Waals surface area contributed by atoms with E-state index in [0.717, 1.165) is 0 Å². The Balaban J connectivity index is 2.07. The molecule has 0 aliphatic rings. The van der Waals surface area contributed by atoms with Crippen LogP contribution < -0.4 is 0 Å². The molecule has 0 saturated carbocycles. The van der Waals surface area contributed by atoms with Gasteiger partial charge in [-0.3, -0.25) is 19.9 Å². The van der Waals surface area contributed by atoms with E-state index in [2.05, 4.69) is 4.98 Å². The Labute approximate surface area is 170 Å². The molecule has 30 heavy (non-hydrogen) atoms. The van der Waals surface area contributed by atoms with Gasteiger partial charge < -0.3 is 9.14 Å². The third-order valence-corrected chi connectivity index (χ3v) is 4.69. The molecule has 148 valence electrons. The van der Waals surface area contributed by atoms with E-state index in [9.17, 15) is 19.7 Å². The average Bonchev–Trinajstić information content (AvgIpc) is 3.14. The first-order valence-electron chi connectivity index (χ1n) is 8.95.